The van der Waals surface area contributed by atoms with Crippen LogP contribution in [-0.2, 0) is 0 Å². The van der Waals surface area contributed by atoms with E-state index in [1.807, 2.05) is 28.8 Å². The number of hydrogen-bond donors (Lipinski definition) is 0. The number of rotatable bonds is 9. The van der Waals surface area contributed by atoms with Crippen molar-refractivity contribution in [3.8, 4) is 0 Å². The Bertz CT molecular complexity index is 861. The van der Waals surface area contributed by atoms with Crippen LogP contribution in [0.4, 0.5) is 0 Å². The molecule has 2 aromatic heterocycles. The number of likely N-dealkylation sites (tertiary alicyclic amines) is 1. The van der Waals surface area contributed by atoms with Gasteiger partial charge in [0.05, 0.1) is 23.2 Å². The van der Waals surface area contributed by atoms with Crippen molar-refractivity contribution in [3.05, 3.63) is 23.5 Å². The molecule has 2 atom stereocenters. The Morgan fingerprint density at radius 1 is 1.30 bits per heavy atom. The van der Waals surface area contributed by atoms with E-state index >= 15 is 0 Å². The Morgan fingerprint density at radius 2 is 2.07 bits per heavy atom. The molecule has 7 heteroatoms. The van der Waals surface area contributed by atoms with E-state index in [4.69, 9.17) is 4.98 Å². The number of aryl methyl sites for hydroxylation is 1. The Labute approximate surface area is 181 Å². The van der Waals surface area contributed by atoms with E-state index in [1.54, 1.807) is 0 Å². The first kappa shape index (κ1) is 22.7. The zero-order valence-corrected chi connectivity index (χ0v) is 19.6. The first-order valence-electron chi connectivity index (χ1n) is 11.4. The molecule has 0 radical (unpaired) electrons. The third-order valence-electron chi connectivity index (χ3n) is 6.37. The molecular weight excluding hydrogens is 376 g/mol. The van der Waals surface area contributed by atoms with E-state index in [0.717, 1.165) is 67.9 Å². The van der Waals surface area contributed by atoms with Crippen molar-refractivity contribution in [1.82, 2.24) is 29.5 Å². The van der Waals surface area contributed by atoms with E-state index in [-0.39, 0.29) is 11.9 Å². The molecule has 1 amide bonds. The Hall–Kier alpha value is -1.99. The lowest BCUT2D eigenvalue weighted by molar-refractivity contribution is 0.0696. The normalized spacial score (nSPS) is 18.4. The molecule has 166 valence electrons. The van der Waals surface area contributed by atoms with Gasteiger partial charge in [-0.05, 0) is 66.4 Å². The van der Waals surface area contributed by atoms with Crippen molar-refractivity contribution < 1.29 is 4.79 Å². The van der Waals surface area contributed by atoms with Gasteiger partial charge in [0.25, 0.3) is 5.91 Å². The predicted molar refractivity (Wildman–Crippen MR) is 122 cm³/mol. The highest BCUT2D eigenvalue weighted by Gasteiger charge is 2.29. The topological polar surface area (TPSA) is 57.5 Å². The SMILES string of the molecule is CCC(C)n1ncc2c(C(=O)N(CCN(C)C)CC3CCCN3CC)cc(C)nc21. The third kappa shape index (κ3) is 4.83. The van der Waals surface area contributed by atoms with Crippen LogP contribution in [0.15, 0.2) is 12.3 Å². The average molecular weight is 415 g/mol. The summed E-state index contributed by atoms with van der Waals surface area (Å²) < 4.78 is 1.96. The molecule has 0 saturated carbocycles. The van der Waals surface area contributed by atoms with Gasteiger partial charge in [0.2, 0.25) is 0 Å². The highest BCUT2D eigenvalue weighted by molar-refractivity contribution is 6.05. The summed E-state index contributed by atoms with van der Waals surface area (Å²) >= 11 is 0. The van der Waals surface area contributed by atoms with Crippen LogP contribution in [-0.4, -0.2) is 88.2 Å². The summed E-state index contributed by atoms with van der Waals surface area (Å²) in [7, 11) is 4.11. The van der Waals surface area contributed by atoms with Gasteiger partial charge in [0.15, 0.2) is 5.65 Å². The first-order chi connectivity index (χ1) is 14.3. The number of aromatic nitrogens is 3. The molecule has 0 spiro atoms. The van der Waals surface area contributed by atoms with Crippen LogP contribution in [0.3, 0.4) is 0 Å². The minimum atomic E-state index is 0.0963. The summed E-state index contributed by atoms with van der Waals surface area (Å²) in [5.41, 5.74) is 2.41. The van der Waals surface area contributed by atoms with Gasteiger partial charge in [-0.2, -0.15) is 5.10 Å². The van der Waals surface area contributed by atoms with Crippen LogP contribution in [0.2, 0.25) is 0 Å². The number of amides is 1. The standard InChI is InChI=1S/C23H38N6O/c1-7-18(4)29-22-21(15-24-29)20(14-17(3)25-22)23(30)28(13-12-26(5)6)16-19-10-9-11-27(19)8-2/h14-15,18-19H,7-13,16H2,1-6H3. The molecule has 3 rings (SSSR count). The van der Waals surface area contributed by atoms with Gasteiger partial charge in [-0.3, -0.25) is 9.69 Å². The molecule has 2 aromatic rings. The van der Waals surface area contributed by atoms with Gasteiger partial charge in [0.1, 0.15) is 0 Å². The second kappa shape index (κ2) is 9.88. The van der Waals surface area contributed by atoms with Crippen LogP contribution in [0.5, 0.6) is 0 Å². The summed E-state index contributed by atoms with van der Waals surface area (Å²) in [6.07, 6.45) is 5.17. The second-order valence-corrected chi connectivity index (χ2v) is 8.87. The van der Waals surface area contributed by atoms with E-state index in [0.29, 0.717) is 6.04 Å². The summed E-state index contributed by atoms with van der Waals surface area (Å²) in [6.45, 7) is 13.0. The van der Waals surface area contributed by atoms with Gasteiger partial charge in [0, 0.05) is 31.4 Å². The van der Waals surface area contributed by atoms with Crippen LogP contribution in [0.1, 0.15) is 62.1 Å². The molecule has 1 saturated heterocycles. The summed E-state index contributed by atoms with van der Waals surface area (Å²) in [6, 6.07) is 2.63. The highest BCUT2D eigenvalue weighted by Crippen LogP contribution is 2.25. The molecule has 1 fully saturated rings. The van der Waals surface area contributed by atoms with Crippen molar-refractivity contribution >= 4 is 16.9 Å². The molecule has 2 unspecified atom stereocenters. The van der Waals surface area contributed by atoms with E-state index in [9.17, 15) is 4.79 Å². The van der Waals surface area contributed by atoms with Gasteiger partial charge < -0.3 is 9.80 Å². The summed E-state index contributed by atoms with van der Waals surface area (Å²) in [4.78, 5) is 25.2. The lowest BCUT2D eigenvalue weighted by Gasteiger charge is -2.31. The number of fused-ring (bicyclic) bond motifs is 1. The van der Waals surface area contributed by atoms with Gasteiger partial charge in [-0.25, -0.2) is 9.67 Å². The average Bonchev–Trinajstić information content (AvgIpc) is 3.35. The number of nitrogens with zero attached hydrogens (tertiary/aromatic N) is 6. The minimum absolute atomic E-state index is 0.0963. The molecule has 1 aliphatic heterocycles. The number of carbonyl (C=O) groups is 1. The second-order valence-electron chi connectivity index (χ2n) is 8.87. The maximum absolute atomic E-state index is 13.8. The molecule has 0 aliphatic carbocycles. The fourth-order valence-electron chi connectivity index (χ4n) is 4.36. The maximum Gasteiger partial charge on any atom is 0.254 e. The Balaban J connectivity index is 1.95. The van der Waals surface area contributed by atoms with Gasteiger partial charge in [-0.1, -0.05) is 13.8 Å². The van der Waals surface area contributed by atoms with E-state index in [2.05, 4.69) is 49.8 Å². The molecule has 3 heterocycles. The lowest BCUT2D eigenvalue weighted by atomic mass is 10.1. The van der Waals surface area contributed by atoms with Crippen molar-refractivity contribution in [1.29, 1.82) is 0 Å². The predicted octanol–water partition coefficient (Wildman–Crippen LogP) is 3.20. The van der Waals surface area contributed by atoms with Crippen LogP contribution < -0.4 is 0 Å². The quantitative estimate of drug-likeness (QED) is 0.631. The third-order valence-corrected chi connectivity index (χ3v) is 6.37. The zero-order valence-electron chi connectivity index (χ0n) is 19.6. The van der Waals surface area contributed by atoms with Crippen molar-refractivity contribution in [3.63, 3.8) is 0 Å². The first-order valence-corrected chi connectivity index (χ1v) is 11.4. The van der Waals surface area contributed by atoms with Gasteiger partial charge in [-0.15, -0.1) is 0 Å². The van der Waals surface area contributed by atoms with Crippen LogP contribution in [0.25, 0.3) is 11.0 Å². The molecule has 0 aromatic carbocycles. The lowest BCUT2D eigenvalue weighted by Crippen LogP contribution is -2.45. The molecule has 0 N–H and O–H groups in total. The fourth-order valence-corrected chi connectivity index (χ4v) is 4.36. The molecule has 7 nitrogen and oxygen atoms in total. The summed E-state index contributed by atoms with van der Waals surface area (Å²) in [5.74, 6) is 0.0963. The van der Waals surface area contributed by atoms with E-state index < -0.39 is 0 Å². The number of pyridine rings is 1. The molecule has 0 bridgehead atoms. The molecule has 30 heavy (non-hydrogen) atoms. The van der Waals surface area contributed by atoms with Crippen molar-refractivity contribution in [2.75, 3.05) is 46.8 Å². The number of carbonyl (C=O) groups excluding carboxylic acids is 1. The Kier molecular flexibility index (Phi) is 7.47. The number of hydrogen-bond acceptors (Lipinski definition) is 5. The molecule has 1 aliphatic rings. The molecular formula is C23H38N6O. The fraction of sp³-hybridized carbons (Fsp3) is 0.696. The van der Waals surface area contributed by atoms with Crippen molar-refractivity contribution in [2.45, 2.75) is 59.0 Å². The van der Waals surface area contributed by atoms with Gasteiger partial charge >= 0.3 is 0 Å². The number of likely N-dealkylation sites (N-methyl/N-ethyl adjacent to an activating group) is 2. The smallest absolute Gasteiger partial charge is 0.254 e. The maximum atomic E-state index is 13.8. The van der Waals surface area contributed by atoms with Crippen LogP contribution in [0, 0.1) is 6.92 Å². The largest absolute Gasteiger partial charge is 0.336 e. The highest BCUT2D eigenvalue weighted by atomic mass is 16.2. The van der Waals surface area contributed by atoms with E-state index in [1.165, 1.54) is 6.42 Å². The van der Waals surface area contributed by atoms with Crippen LogP contribution >= 0.6 is 0 Å². The zero-order chi connectivity index (χ0) is 21.8. The minimum Gasteiger partial charge on any atom is -0.336 e. The summed E-state index contributed by atoms with van der Waals surface area (Å²) in [5, 5.41) is 5.44. The van der Waals surface area contributed by atoms with Crippen molar-refractivity contribution in [2.24, 2.45) is 0 Å². The Morgan fingerprint density at radius 3 is 2.73 bits per heavy atom. The monoisotopic (exact) mass is 414 g/mol.